The van der Waals surface area contributed by atoms with Crippen molar-refractivity contribution >= 4 is 39.3 Å². The molecule has 7 heteroatoms. The minimum atomic E-state index is -0.172. The average Bonchev–Trinajstić information content (AvgIpc) is 2.87. The molecule has 0 saturated heterocycles. The first-order valence-electron chi connectivity index (χ1n) is 6.76. The molecule has 0 radical (unpaired) electrons. The lowest BCUT2D eigenvalue weighted by atomic mass is 10.3. The Morgan fingerprint density at radius 3 is 3.05 bits per heavy atom. The number of hydrogen-bond donors (Lipinski definition) is 1. The van der Waals surface area contributed by atoms with Gasteiger partial charge in [-0.05, 0) is 18.6 Å². The quantitative estimate of drug-likeness (QED) is 0.368. The lowest BCUT2D eigenvalue weighted by Crippen LogP contribution is -2.16. The summed E-state index contributed by atoms with van der Waals surface area (Å²) in [5.41, 5.74) is 1.05. The molecule has 0 unspecified atom stereocenters. The number of aryl methyl sites for hydroxylation is 1. The van der Waals surface area contributed by atoms with E-state index in [1.807, 2.05) is 35.8 Å². The minimum Gasteiger partial charge on any atom is -0.465 e. The van der Waals surface area contributed by atoms with Crippen molar-refractivity contribution in [3.8, 4) is 0 Å². The van der Waals surface area contributed by atoms with E-state index in [-0.39, 0.29) is 5.97 Å². The Kier molecular flexibility index (Phi) is 6.13. The lowest BCUT2D eigenvalue weighted by Gasteiger charge is -2.05. The average molecular weight is 326 g/mol. The van der Waals surface area contributed by atoms with Crippen LogP contribution in [0, 0.1) is 0 Å². The maximum absolute atomic E-state index is 11.4. The lowest BCUT2D eigenvalue weighted by molar-refractivity contribution is -0.140. The second-order valence-corrected chi connectivity index (χ2v) is 6.49. The Bertz CT molecular complexity index is 664. The van der Waals surface area contributed by atoms with E-state index in [0.29, 0.717) is 23.7 Å². The highest BCUT2D eigenvalue weighted by Crippen LogP contribution is 2.17. The van der Waals surface area contributed by atoms with E-state index in [9.17, 15) is 4.79 Å². The van der Waals surface area contributed by atoms with E-state index < -0.39 is 0 Å². The first kappa shape index (κ1) is 15.9. The zero-order valence-corrected chi connectivity index (χ0v) is 13.5. The molecule has 0 aliphatic rings. The fourth-order valence-corrected chi connectivity index (χ4v) is 3.56. The number of nitrogens with zero attached hydrogens (tertiary/aromatic N) is 2. The van der Waals surface area contributed by atoms with Crippen LogP contribution in [-0.4, -0.2) is 33.9 Å². The van der Waals surface area contributed by atoms with Gasteiger partial charge in [0.05, 0.1) is 22.6 Å². The minimum absolute atomic E-state index is 0.172. The van der Waals surface area contributed by atoms with E-state index >= 15 is 0 Å². The van der Waals surface area contributed by atoms with Gasteiger partial charge in [-0.1, -0.05) is 35.5 Å². The van der Waals surface area contributed by atoms with Crippen LogP contribution in [0.5, 0.6) is 0 Å². The van der Waals surface area contributed by atoms with E-state index in [0.717, 1.165) is 22.4 Å². The summed E-state index contributed by atoms with van der Waals surface area (Å²) in [6.07, 6.45) is 0.842. The number of carbonyl (C=O) groups is 1. The molecule has 0 spiro atoms. The highest BCUT2D eigenvalue weighted by Gasteiger charge is 2.07. The molecule has 0 amide bonds. The maximum atomic E-state index is 11.4. The molecule has 114 valence electrons. The fourth-order valence-electron chi connectivity index (χ4n) is 1.88. The smallest absolute Gasteiger partial charge is 0.315 e. The van der Waals surface area contributed by atoms with E-state index in [4.69, 9.17) is 9.94 Å². The summed E-state index contributed by atoms with van der Waals surface area (Å²) in [5.74, 6) is 0.942. The summed E-state index contributed by atoms with van der Waals surface area (Å²) in [7, 11) is 0. The van der Waals surface area contributed by atoms with Crippen molar-refractivity contribution in [3.05, 3.63) is 29.1 Å². The Balaban J connectivity index is 1.93. The number of benzene rings is 1. The first-order chi connectivity index (χ1) is 10.3. The third-order valence-corrected chi connectivity index (χ3v) is 4.78. The fraction of sp³-hybridized carbons (Fsp3) is 0.429. The standard InChI is InChI=1S/C14H18N2O3S2/c1-2-8-19-13(17)10-20-9-7-16-11-5-3-4-6-12(11)21-14(16)15-18/h3-6,18H,2,7-10H2,1H3/b15-14+. The van der Waals surface area contributed by atoms with Gasteiger partial charge in [0.2, 0.25) is 4.80 Å². The molecule has 1 N–H and O–H groups in total. The predicted molar refractivity (Wildman–Crippen MR) is 85.7 cm³/mol. The van der Waals surface area contributed by atoms with Gasteiger partial charge in [0.1, 0.15) is 0 Å². The summed E-state index contributed by atoms with van der Waals surface area (Å²) in [4.78, 5) is 12.0. The van der Waals surface area contributed by atoms with Crippen LogP contribution in [0.1, 0.15) is 13.3 Å². The number of fused-ring (bicyclic) bond motifs is 1. The third kappa shape index (κ3) is 4.25. The van der Waals surface area contributed by atoms with Crippen LogP contribution < -0.4 is 4.80 Å². The van der Waals surface area contributed by atoms with Gasteiger partial charge >= 0.3 is 5.97 Å². The molecule has 1 heterocycles. The Morgan fingerprint density at radius 1 is 1.48 bits per heavy atom. The van der Waals surface area contributed by atoms with Gasteiger partial charge in [0, 0.05) is 12.3 Å². The Hall–Kier alpha value is -1.47. The molecule has 21 heavy (non-hydrogen) atoms. The summed E-state index contributed by atoms with van der Waals surface area (Å²) < 4.78 is 8.06. The number of thiazole rings is 1. The van der Waals surface area contributed by atoms with Gasteiger partial charge in [-0.15, -0.1) is 11.8 Å². The summed E-state index contributed by atoms with van der Waals surface area (Å²) in [5, 5.41) is 12.4. The van der Waals surface area contributed by atoms with Crippen LogP contribution in [0.2, 0.25) is 0 Å². The number of ether oxygens (including phenoxy) is 1. The normalized spacial score (nSPS) is 12.0. The van der Waals surface area contributed by atoms with Gasteiger partial charge in [-0.2, -0.15) is 0 Å². The predicted octanol–water partition coefficient (Wildman–Crippen LogP) is 2.68. The molecule has 1 aromatic heterocycles. The number of esters is 1. The number of hydrogen-bond acceptors (Lipinski definition) is 6. The summed E-state index contributed by atoms with van der Waals surface area (Å²) in [6, 6.07) is 7.92. The monoisotopic (exact) mass is 326 g/mol. The Labute approximate surface area is 131 Å². The van der Waals surface area contributed by atoms with Crippen molar-refractivity contribution in [2.24, 2.45) is 5.16 Å². The number of para-hydroxylation sites is 1. The zero-order chi connectivity index (χ0) is 15.1. The molecule has 0 aliphatic heterocycles. The second-order valence-electron chi connectivity index (χ2n) is 4.38. The molecule has 0 aliphatic carbocycles. The van der Waals surface area contributed by atoms with Crippen molar-refractivity contribution in [2.45, 2.75) is 19.9 Å². The molecule has 0 fully saturated rings. The largest absolute Gasteiger partial charge is 0.465 e. The molecule has 1 aromatic carbocycles. The molecule has 5 nitrogen and oxygen atoms in total. The van der Waals surface area contributed by atoms with Gasteiger partial charge in [0.25, 0.3) is 0 Å². The molecule has 0 bridgehead atoms. The van der Waals surface area contributed by atoms with Crippen molar-refractivity contribution in [2.75, 3.05) is 18.1 Å². The van der Waals surface area contributed by atoms with Gasteiger partial charge in [0.15, 0.2) is 0 Å². The molecule has 2 rings (SSSR count). The van der Waals surface area contributed by atoms with Crippen LogP contribution in [0.25, 0.3) is 10.2 Å². The van der Waals surface area contributed by atoms with Crippen molar-refractivity contribution in [1.82, 2.24) is 4.57 Å². The molecular weight excluding hydrogens is 308 g/mol. The van der Waals surface area contributed by atoms with Crippen molar-refractivity contribution < 1.29 is 14.7 Å². The highest BCUT2D eigenvalue weighted by atomic mass is 32.2. The van der Waals surface area contributed by atoms with Gasteiger partial charge < -0.3 is 14.5 Å². The van der Waals surface area contributed by atoms with Gasteiger partial charge in [-0.25, -0.2) is 0 Å². The molecular formula is C14H18N2O3S2. The molecule has 0 atom stereocenters. The maximum Gasteiger partial charge on any atom is 0.315 e. The molecule has 0 saturated carbocycles. The van der Waals surface area contributed by atoms with Gasteiger partial charge in [-0.3, -0.25) is 4.79 Å². The van der Waals surface area contributed by atoms with E-state index in [2.05, 4.69) is 5.16 Å². The Morgan fingerprint density at radius 2 is 2.29 bits per heavy atom. The van der Waals surface area contributed by atoms with E-state index in [1.165, 1.54) is 23.1 Å². The highest BCUT2D eigenvalue weighted by molar-refractivity contribution is 7.99. The van der Waals surface area contributed by atoms with Crippen LogP contribution >= 0.6 is 23.1 Å². The first-order valence-corrected chi connectivity index (χ1v) is 8.73. The molecule has 2 aromatic rings. The number of rotatable bonds is 7. The van der Waals surface area contributed by atoms with Crippen molar-refractivity contribution in [3.63, 3.8) is 0 Å². The topological polar surface area (TPSA) is 63.8 Å². The number of aromatic nitrogens is 1. The number of thioether (sulfide) groups is 1. The summed E-state index contributed by atoms with van der Waals surface area (Å²) in [6.45, 7) is 3.14. The number of carbonyl (C=O) groups excluding carboxylic acids is 1. The van der Waals surface area contributed by atoms with Crippen LogP contribution in [0.4, 0.5) is 0 Å². The summed E-state index contributed by atoms with van der Waals surface area (Å²) >= 11 is 2.97. The van der Waals surface area contributed by atoms with E-state index in [1.54, 1.807) is 0 Å². The van der Waals surface area contributed by atoms with Crippen LogP contribution in [0.3, 0.4) is 0 Å². The second kappa shape index (κ2) is 8.09. The SMILES string of the molecule is CCCOC(=O)CSCCn1/c(=N\O)sc2ccccc21. The third-order valence-electron chi connectivity index (χ3n) is 2.82. The van der Waals surface area contributed by atoms with Crippen LogP contribution in [0.15, 0.2) is 29.4 Å². The van der Waals surface area contributed by atoms with Crippen molar-refractivity contribution in [1.29, 1.82) is 0 Å². The zero-order valence-electron chi connectivity index (χ0n) is 11.8. The van der Waals surface area contributed by atoms with Crippen LogP contribution in [-0.2, 0) is 16.1 Å².